The Bertz CT molecular complexity index is 772. The van der Waals surface area contributed by atoms with E-state index in [9.17, 15) is 4.79 Å². The number of nitrogens with two attached hydrogens (primary N) is 1. The van der Waals surface area contributed by atoms with Gasteiger partial charge in [-0.05, 0) is 86.0 Å². The molecule has 5 fully saturated rings. The SMILES string of the molecule is NC1CCC(C=NC(=O)C23CC4CC(c5ccccc5)(CC2C4CCl)C3)CC1. The van der Waals surface area contributed by atoms with E-state index in [-0.39, 0.29) is 16.7 Å². The topological polar surface area (TPSA) is 55.4 Å². The zero-order valence-electron chi connectivity index (χ0n) is 16.5. The van der Waals surface area contributed by atoms with Crippen LogP contribution in [0.15, 0.2) is 35.3 Å². The van der Waals surface area contributed by atoms with E-state index in [2.05, 4.69) is 35.3 Å². The molecule has 0 aliphatic heterocycles. The molecule has 2 N–H and O–H groups in total. The molecule has 0 aromatic heterocycles. The second kappa shape index (κ2) is 6.95. The molecule has 5 unspecified atom stereocenters. The van der Waals surface area contributed by atoms with Crippen LogP contribution in [-0.4, -0.2) is 24.0 Å². The lowest BCUT2D eigenvalue weighted by atomic mass is 9.62. The molecule has 3 nitrogen and oxygen atoms in total. The quantitative estimate of drug-likeness (QED) is 0.589. The highest BCUT2D eigenvalue weighted by Gasteiger charge is 2.70. The molecule has 0 saturated heterocycles. The predicted octanol–water partition coefficient (Wildman–Crippen LogP) is 4.71. The van der Waals surface area contributed by atoms with Crippen molar-refractivity contribution in [3.05, 3.63) is 35.9 Å². The zero-order chi connectivity index (χ0) is 19.4. The summed E-state index contributed by atoms with van der Waals surface area (Å²) in [5, 5.41) is 0. The van der Waals surface area contributed by atoms with E-state index < -0.39 is 0 Å². The first-order valence-electron chi connectivity index (χ1n) is 11.0. The maximum Gasteiger partial charge on any atom is 0.251 e. The number of rotatable bonds is 4. The highest BCUT2D eigenvalue weighted by Crippen LogP contribution is 2.73. The molecule has 28 heavy (non-hydrogen) atoms. The molecule has 5 aliphatic rings. The Hall–Kier alpha value is -1.19. The van der Waals surface area contributed by atoms with Crippen LogP contribution in [0.2, 0.25) is 0 Å². The van der Waals surface area contributed by atoms with Gasteiger partial charge >= 0.3 is 0 Å². The van der Waals surface area contributed by atoms with Crippen molar-refractivity contribution in [3.8, 4) is 0 Å². The fourth-order valence-electron chi connectivity index (χ4n) is 7.32. The smallest absolute Gasteiger partial charge is 0.251 e. The van der Waals surface area contributed by atoms with Gasteiger partial charge in [-0.15, -0.1) is 11.6 Å². The van der Waals surface area contributed by atoms with Crippen molar-refractivity contribution in [2.24, 2.45) is 39.8 Å². The van der Waals surface area contributed by atoms with Gasteiger partial charge in [-0.3, -0.25) is 4.79 Å². The van der Waals surface area contributed by atoms with E-state index >= 15 is 0 Å². The number of hydrogen-bond acceptors (Lipinski definition) is 2. The van der Waals surface area contributed by atoms with Crippen LogP contribution in [-0.2, 0) is 10.2 Å². The highest BCUT2D eigenvalue weighted by atomic mass is 35.5. The maximum absolute atomic E-state index is 13.5. The second-order valence-corrected chi connectivity index (χ2v) is 10.3. The Morgan fingerprint density at radius 1 is 1.14 bits per heavy atom. The number of hydrogen-bond donors (Lipinski definition) is 1. The summed E-state index contributed by atoms with van der Waals surface area (Å²) in [4.78, 5) is 18.1. The van der Waals surface area contributed by atoms with Crippen LogP contribution in [0, 0.1) is 29.1 Å². The summed E-state index contributed by atoms with van der Waals surface area (Å²) in [7, 11) is 0. The molecule has 5 aliphatic carbocycles. The van der Waals surface area contributed by atoms with Crippen LogP contribution in [0.5, 0.6) is 0 Å². The minimum Gasteiger partial charge on any atom is -0.328 e. The fraction of sp³-hybridized carbons (Fsp3) is 0.667. The Labute approximate surface area is 173 Å². The Morgan fingerprint density at radius 2 is 1.89 bits per heavy atom. The number of carbonyl (C=O) groups excluding carboxylic acids is 1. The van der Waals surface area contributed by atoms with Crippen molar-refractivity contribution in [1.82, 2.24) is 0 Å². The highest BCUT2D eigenvalue weighted by molar-refractivity contribution is 6.18. The largest absolute Gasteiger partial charge is 0.328 e. The van der Waals surface area contributed by atoms with E-state index in [1.54, 1.807) is 0 Å². The summed E-state index contributed by atoms with van der Waals surface area (Å²) in [5.41, 5.74) is 7.31. The molecule has 1 aromatic rings. The first kappa shape index (κ1) is 18.8. The summed E-state index contributed by atoms with van der Waals surface area (Å²) in [5.74, 6) is 2.68. The Balaban J connectivity index is 1.41. The van der Waals surface area contributed by atoms with Crippen molar-refractivity contribution in [2.45, 2.75) is 62.8 Å². The van der Waals surface area contributed by atoms with Crippen LogP contribution in [0.4, 0.5) is 0 Å². The van der Waals surface area contributed by atoms with Crippen molar-refractivity contribution in [3.63, 3.8) is 0 Å². The van der Waals surface area contributed by atoms with E-state index in [4.69, 9.17) is 17.3 Å². The standard InChI is InChI=1S/C24H31ClN2O/c25-13-20-17-10-23(18-4-2-1-3-5-18)12-21(20)24(11-17,15-23)22(28)27-14-16-6-8-19(26)9-7-16/h1-5,14,16-17,19-21H,6-13,15,26H2. The van der Waals surface area contributed by atoms with Crippen molar-refractivity contribution in [2.75, 3.05) is 5.88 Å². The molecule has 0 spiro atoms. The number of aliphatic imine (C=N–C) groups is 1. The summed E-state index contributed by atoms with van der Waals surface area (Å²) in [6, 6.07) is 11.2. The van der Waals surface area contributed by atoms with E-state index in [1.165, 1.54) is 12.0 Å². The van der Waals surface area contributed by atoms with E-state index in [1.807, 2.05) is 6.21 Å². The lowest BCUT2D eigenvalue weighted by molar-refractivity contribution is -0.129. The van der Waals surface area contributed by atoms with E-state index in [0.29, 0.717) is 35.6 Å². The molecule has 0 heterocycles. The third-order valence-corrected chi connectivity index (χ3v) is 8.94. The first-order chi connectivity index (χ1) is 13.6. The average Bonchev–Trinajstić information content (AvgIpc) is 3.10. The predicted molar refractivity (Wildman–Crippen MR) is 114 cm³/mol. The molecule has 1 amide bonds. The molecular weight excluding hydrogens is 368 g/mol. The fourth-order valence-corrected chi connectivity index (χ4v) is 7.78. The maximum atomic E-state index is 13.5. The number of carbonyl (C=O) groups is 1. The van der Waals surface area contributed by atoms with Crippen LogP contribution >= 0.6 is 11.6 Å². The van der Waals surface area contributed by atoms with Crippen molar-refractivity contribution >= 4 is 23.7 Å². The van der Waals surface area contributed by atoms with Gasteiger partial charge in [0.25, 0.3) is 5.91 Å². The average molecular weight is 399 g/mol. The van der Waals surface area contributed by atoms with E-state index in [0.717, 1.165) is 44.9 Å². The van der Waals surface area contributed by atoms with Gasteiger partial charge in [0.05, 0.1) is 5.41 Å². The van der Waals surface area contributed by atoms with Gasteiger partial charge in [0.2, 0.25) is 0 Å². The lowest BCUT2D eigenvalue weighted by Gasteiger charge is -2.42. The summed E-state index contributed by atoms with van der Waals surface area (Å²) < 4.78 is 0. The van der Waals surface area contributed by atoms with Crippen LogP contribution in [0.25, 0.3) is 0 Å². The van der Waals surface area contributed by atoms with Crippen molar-refractivity contribution < 1.29 is 4.79 Å². The minimum atomic E-state index is -0.278. The molecule has 0 radical (unpaired) electrons. The molecule has 1 aromatic carbocycles. The monoisotopic (exact) mass is 398 g/mol. The Kier molecular flexibility index (Phi) is 4.67. The minimum absolute atomic E-state index is 0.141. The number of halogens is 1. The molecule has 4 bridgehead atoms. The molecule has 150 valence electrons. The van der Waals surface area contributed by atoms with Gasteiger partial charge in [0.1, 0.15) is 0 Å². The third-order valence-electron chi connectivity index (χ3n) is 8.59. The van der Waals surface area contributed by atoms with Gasteiger partial charge in [-0.1, -0.05) is 30.3 Å². The van der Waals surface area contributed by atoms with Crippen LogP contribution in [0.3, 0.4) is 0 Å². The van der Waals surface area contributed by atoms with Crippen LogP contribution in [0.1, 0.15) is 56.9 Å². The van der Waals surface area contributed by atoms with Gasteiger partial charge in [0.15, 0.2) is 0 Å². The second-order valence-electron chi connectivity index (χ2n) is 10.0. The number of nitrogens with zero attached hydrogens (tertiary/aromatic N) is 1. The Morgan fingerprint density at radius 3 is 2.61 bits per heavy atom. The normalized spacial score (nSPS) is 44.4. The number of alkyl halides is 1. The molecule has 6 rings (SSSR count). The van der Waals surface area contributed by atoms with Crippen molar-refractivity contribution in [1.29, 1.82) is 0 Å². The third kappa shape index (κ3) is 2.81. The lowest BCUT2D eigenvalue weighted by Crippen LogP contribution is -2.38. The van der Waals surface area contributed by atoms with Gasteiger partial charge in [-0.25, -0.2) is 4.99 Å². The van der Waals surface area contributed by atoms with Crippen LogP contribution < -0.4 is 5.73 Å². The zero-order valence-corrected chi connectivity index (χ0v) is 17.3. The summed E-state index contributed by atoms with van der Waals surface area (Å²) in [6.45, 7) is 0. The van der Waals surface area contributed by atoms with Gasteiger partial charge < -0.3 is 5.73 Å². The molecule has 5 atom stereocenters. The molecule has 5 saturated carbocycles. The van der Waals surface area contributed by atoms with Gasteiger partial charge in [0, 0.05) is 18.1 Å². The summed E-state index contributed by atoms with van der Waals surface area (Å²) in [6.07, 6.45) is 10.4. The number of amides is 1. The van der Waals surface area contributed by atoms with Gasteiger partial charge in [-0.2, -0.15) is 0 Å². The summed E-state index contributed by atoms with van der Waals surface area (Å²) >= 11 is 6.40. The molecular formula is C24H31ClN2O. The first-order valence-corrected chi connectivity index (χ1v) is 11.6. The number of benzene rings is 1. The molecule has 4 heteroatoms.